The van der Waals surface area contributed by atoms with Crippen LogP contribution in [-0.4, -0.2) is 24.8 Å². The van der Waals surface area contributed by atoms with Gasteiger partial charge in [-0.2, -0.15) is 5.26 Å². The summed E-state index contributed by atoms with van der Waals surface area (Å²) in [5, 5.41) is 17.2. The highest BCUT2D eigenvalue weighted by Crippen LogP contribution is 2.17. The van der Waals surface area contributed by atoms with Crippen molar-refractivity contribution in [3.63, 3.8) is 0 Å². The second kappa shape index (κ2) is 9.47. The van der Waals surface area contributed by atoms with Gasteiger partial charge in [-0.15, -0.1) is 0 Å². The van der Waals surface area contributed by atoms with Gasteiger partial charge in [-0.25, -0.2) is 0 Å². The molecule has 0 saturated heterocycles. The Balaban J connectivity index is 3.73. The molecule has 0 amide bonds. The molecular weight excluding hydrogens is 194 g/mol. The molecule has 4 nitrogen and oxygen atoms in total. The summed E-state index contributed by atoms with van der Waals surface area (Å²) < 4.78 is 4.57. The lowest BCUT2D eigenvalue weighted by Crippen LogP contribution is -2.09. The van der Waals surface area contributed by atoms with Crippen molar-refractivity contribution in [2.45, 2.75) is 38.5 Å². The highest BCUT2D eigenvalue weighted by atomic mass is 16.5. The number of methoxy groups -OCH3 is 1. The number of aliphatic hydroxyl groups excluding tert-OH is 1. The number of nitrogens with zero attached hydrogens (tertiary/aromatic N) is 1. The van der Waals surface area contributed by atoms with Crippen LogP contribution in [0.4, 0.5) is 0 Å². The van der Waals surface area contributed by atoms with Crippen molar-refractivity contribution in [2.75, 3.05) is 13.7 Å². The number of carbonyl (C=O) groups is 1. The fourth-order valence-corrected chi connectivity index (χ4v) is 1.45. The number of aliphatic hydroxyl groups is 1. The van der Waals surface area contributed by atoms with Crippen molar-refractivity contribution in [1.82, 2.24) is 0 Å². The molecule has 0 rings (SSSR count). The zero-order chi connectivity index (χ0) is 11.5. The number of hydrogen-bond donors (Lipinski definition) is 1. The van der Waals surface area contributed by atoms with Gasteiger partial charge in [0.2, 0.25) is 0 Å². The van der Waals surface area contributed by atoms with Crippen LogP contribution in [0.3, 0.4) is 0 Å². The average molecular weight is 213 g/mol. The van der Waals surface area contributed by atoms with E-state index in [2.05, 4.69) is 10.8 Å². The zero-order valence-corrected chi connectivity index (χ0v) is 9.24. The van der Waals surface area contributed by atoms with E-state index in [4.69, 9.17) is 10.4 Å². The third-order valence-corrected chi connectivity index (χ3v) is 2.33. The molecule has 0 aliphatic heterocycles. The minimum absolute atomic E-state index is 0.0983. The Labute approximate surface area is 90.9 Å². The molecule has 0 bridgehead atoms. The standard InChI is InChI=1S/C11H19NO3/c1-15-11(14)9-10(6-7-12)5-3-2-4-8-13/h10,13H,2-6,8-9H2,1H3/t10-/m0/s1. The predicted octanol–water partition coefficient (Wildman–Crippen LogP) is 1.63. The zero-order valence-electron chi connectivity index (χ0n) is 9.24. The van der Waals surface area contributed by atoms with Crippen molar-refractivity contribution in [1.29, 1.82) is 5.26 Å². The Bertz CT molecular complexity index is 210. The number of unbranched alkanes of at least 4 members (excludes halogenated alkanes) is 2. The van der Waals surface area contributed by atoms with E-state index in [-0.39, 0.29) is 18.5 Å². The lowest BCUT2D eigenvalue weighted by atomic mass is 9.95. The summed E-state index contributed by atoms with van der Waals surface area (Å²) in [4.78, 5) is 11.0. The first-order valence-electron chi connectivity index (χ1n) is 5.29. The van der Waals surface area contributed by atoms with Crippen molar-refractivity contribution < 1.29 is 14.6 Å². The Hall–Kier alpha value is -1.08. The fourth-order valence-electron chi connectivity index (χ4n) is 1.45. The van der Waals surface area contributed by atoms with Crippen LogP contribution in [0.1, 0.15) is 38.5 Å². The maximum absolute atomic E-state index is 11.0. The van der Waals surface area contributed by atoms with E-state index in [1.807, 2.05) is 0 Å². The van der Waals surface area contributed by atoms with Crippen LogP contribution < -0.4 is 0 Å². The molecule has 0 aliphatic rings. The SMILES string of the molecule is COC(=O)C[C@H](CC#N)CCCCCO. The Kier molecular flexibility index (Phi) is 8.79. The molecule has 0 aliphatic carbocycles. The Morgan fingerprint density at radius 3 is 2.73 bits per heavy atom. The molecule has 15 heavy (non-hydrogen) atoms. The van der Waals surface area contributed by atoms with Gasteiger partial charge in [-0.1, -0.05) is 12.8 Å². The van der Waals surface area contributed by atoms with E-state index in [9.17, 15) is 4.79 Å². The molecule has 0 aromatic carbocycles. The van der Waals surface area contributed by atoms with Crippen molar-refractivity contribution in [3.05, 3.63) is 0 Å². The van der Waals surface area contributed by atoms with Crippen LogP contribution in [-0.2, 0) is 9.53 Å². The summed E-state index contributed by atoms with van der Waals surface area (Å²) in [5.74, 6) is -0.154. The summed E-state index contributed by atoms with van der Waals surface area (Å²) in [7, 11) is 1.36. The molecule has 0 fully saturated rings. The number of hydrogen-bond acceptors (Lipinski definition) is 4. The van der Waals surface area contributed by atoms with Gasteiger partial charge in [0.1, 0.15) is 0 Å². The molecule has 0 saturated carbocycles. The molecule has 86 valence electrons. The monoisotopic (exact) mass is 213 g/mol. The molecule has 0 aromatic rings. The smallest absolute Gasteiger partial charge is 0.305 e. The molecule has 0 heterocycles. The van der Waals surface area contributed by atoms with E-state index in [1.54, 1.807) is 0 Å². The largest absolute Gasteiger partial charge is 0.469 e. The molecule has 0 spiro atoms. The van der Waals surface area contributed by atoms with Crippen LogP contribution in [0.2, 0.25) is 0 Å². The third-order valence-electron chi connectivity index (χ3n) is 2.33. The quantitative estimate of drug-likeness (QED) is 0.491. The van der Waals surface area contributed by atoms with Gasteiger partial charge in [0, 0.05) is 19.4 Å². The molecule has 4 heteroatoms. The van der Waals surface area contributed by atoms with E-state index in [1.165, 1.54) is 7.11 Å². The normalized spacial score (nSPS) is 11.8. The van der Waals surface area contributed by atoms with Gasteiger partial charge in [0.15, 0.2) is 0 Å². The van der Waals surface area contributed by atoms with Crippen LogP contribution in [0.25, 0.3) is 0 Å². The van der Waals surface area contributed by atoms with Crippen LogP contribution in [0.5, 0.6) is 0 Å². The molecule has 0 radical (unpaired) electrons. The maximum Gasteiger partial charge on any atom is 0.305 e. The fraction of sp³-hybridized carbons (Fsp3) is 0.818. The summed E-state index contributed by atoms with van der Waals surface area (Å²) in [5.41, 5.74) is 0. The highest BCUT2D eigenvalue weighted by Gasteiger charge is 2.13. The van der Waals surface area contributed by atoms with Gasteiger partial charge in [-0.05, 0) is 18.8 Å². The number of ether oxygens (including phenoxy) is 1. The lowest BCUT2D eigenvalue weighted by Gasteiger charge is -2.11. The second-order valence-corrected chi connectivity index (χ2v) is 3.58. The van der Waals surface area contributed by atoms with Gasteiger partial charge < -0.3 is 9.84 Å². The summed E-state index contributed by atoms with van der Waals surface area (Å²) >= 11 is 0. The first-order valence-corrected chi connectivity index (χ1v) is 5.29. The maximum atomic E-state index is 11.0. The second-order valence-electron chi connectivity index (χ2n) is 3.58. The topological polar surface area (TPSA) is 70.3 Å². The van der Waals surface area contributed by atoms with Gasteiger partial charge in [0.05, 0.1) is 13.2 Å². The van der Waals surface area contributed by atoms with E-state index in [0.717, 1.165) is 25.7 Å². The average Bonchev–Trinajstić information content (AvgIpc) is 2.24. The molecular formula is C11H19NO3. The van der Waals surface area contributed by atoms with E-state index >= 15 is 0 Å². The van der Waals surface area contributed by atoms with Crippen LogP contribution >= 0.6 is 0 Å². The third kappa shape index (κ3) is 7.95. The van der Waals surface area contributed by atoms with Gasteiger partial charge >= 0.3 is 5.97 Å². The molecule has 0 unspecified atom stereocenters. The molecule has 1 atom stereocenters. The Morgan fingerprint density at radius 1 is 1.47 bits per heavy atom. The molecule has 0 aromatic heterocycles. The van der Waals surface area contributed by atoms with Crippen LogP contribution in [0, 0.1) is 17.2 Å². The van der Waals surface area contributed by atoms with Crippen molar-refractivity contribution in [2.24, 2.45) is 5.92 Å². The van der Waals surface area contributed by atoms with Gasteiger partial charge in [0.25, 0.3) is 0 Å². The first-order chi connectivity index (χ1) is 7.24. The summed E-state index contributed by atoms with van der Waals surface area (Å²) in [6.45, 7) is 0.208. The highest BCUT2D eigenvalue weighted by molar-refractivity contribution is 5.69. The first kappa shape index (κ1) is 13.9. The van der Waals surface area contributed by atoms with Gasteiger partial charge in [-0.3, -0.25) is 4.79 Å². The minimum atomic E-state index is -0.252. The predicted molar refractivity (Wildman–Crippen MR) is 55.9 cm³/mol. The van der Waals surface area contributed by atoms with Crippen molar-refractivity contribution >= 4 is 5.97 Å². The number of nitriles is 1. The summed E-state index contributed by atoms with van der Waals surface area (Å²) in [6.07, 6.45) is 4.25. The number of carbonyl (C=O) groups excluding carboxylic acids is 1. The van der Waals surface area contributed by atoms with E-state index in [0.29, 0.717) is 12.8 Å². The Morgan fingerprint density at radius 2 is 2.20 bits per heavy atom. The van der Waals surface area contributed by atoms with E-state index < -0.39 is 0 Å². The molecule has 1 N–H and O–H groups in total. The van der Waals surface area contributed by atoms with Crippen molar-refractivity contribution in [3.8, 4) is 6.07 Å². The number of esters is 1. The lowest BCUT2D eigenvalue weighted by molar-refractivity contribution is -0.141. The number of rotatable bonds is 8. The van der Waals surface area contributed by atoms with Crippen LogP contribution in [0.15, 0.2) is 0 Å². The minimum Gasteiger partial charge on any atom is -0.469 e. The summed E-state index contributed by atoms with van der Waals surface area (Å²) in [6, 6.07) is 2.08.